The van der Waals surface area contributed by atoms with Crippen molar-refractivity contribution in [2.75, 3.05) is 32.9 Å². The minimum absolute atomic E-state index is 0.0437. The quantitative estimate of drug-likeness (QED) is 0.0445. The largest absolute Gasteiger partial charge is 0.469 e. The molecule has 0 aromatic rings. The van der Waals surface area contributed by atoms with Crippen LogP contribution in [0.4, 0.5) is 0 Å². The third-order valence-corrected chi connectivity index (χ3v) is 8.35. The Labute approximate surface area is 283 Å². The Bertz CT molecular complexity index is 1240. The fourth-order valence-electron chi connectivity index (χ4n) is 5.25. The maximum absolute atomic E-state index is 13.4. The standard InChI is InChI=1S/C28H48N7O13P/c1-15(2)10-19(31-26(42)20(12-37)32-23(39)16(3)30-24(40)18-7-4-8-29-18)25(41)34-22(14-48-49(45,46)47)27(43)33-21(13-38)28(44)35-9-5-6-17(35)11-36/h11,15-22,29,37-38H,4-10,12-14H2,1-3H3,(H,30,40)(H,31,42)(H,32,39)(H,33,43)(H,34,41)(H2,45,46,47)/t16-,17-,18-,19-,20-,21-,22-/m0/s1. The van der Waals surface area contributed by atoms with Gasteiger partial charge < -0.3 is 61.6 Å². The number of amides is 6. The number of nitrogens with one attached hydrogen (secondary N) is 6. The molecule has 0 aromatic heterocycles. The molecule has 21 heteroatoms. The summed E-state index contributed by atoms with van der Waals surface area (Å²) in [5, 5.41) is 34.3. The molecule has 20 nitrogen and oxygen atoms in total. The number of aliphatic hydroxyl groups is 2. The van der Waals surface area contributed by atoms with E-state index in [0.29, 0.717) is 32.1 Å². The molecule has 7 atom stereocenters. The summed E-state index contributed by atoms with van der Waals surface area (Å²) in [6.45, 7) is 2.73. The Morgan fingerprint density at radius 2 is 1.41 bits per heavy atom. The first-order valence-corrected chi connectivity index (χ1v) is 17.5. The molecule has 2 aliphatic rings. The van der Waals surface area contributed by atoms with Gasteiger partial charge in [0, 0.05) is 6.54 Å². The van der Waals surface area contributed by atoms with Crippen LogP contribution in [-0.4, -0.2) is 142 Å². The normalized spacial score (nSPS) is 20.8. The van der Waals surface area contributed by atoms with Gasteiger partial charge in [-0.05, 0) is 51.5 Å². The smallest absolute Gasteiger partial charge is 0.394 e. The number of phosphoric acid groups is 1. The molecule has 0 bridgehead atoms. The van der Waals surface area contributed by atoms with E-state index in [1.165, 1.54) is 11.8 Å². The van der Waals surface area contributed by atoms with E-state index in [4.69, 9.17) is 0 Å². The van der Waals surface area contributed by atoms with Gasteiger partial charge in [-0.25, -0.2) is 4.57 Å². The van der Waals surface area contributed by atoms with Gasteiger partial charge in [-0.3, -0.25) is 33.3 Å². The molecule has 2 fully saturated rings. The highest BCUT2D eigenvalue weighted by Crippen LogP contribution is 2.35. The fourth-order valence-corrected chi connectivity index (χ4v) is 5.59. The Morgan fingerprint density at radius 3 is 1.96 bits per heavy atom. The zero-order chi connectivity index (χ0) is 36.9. The summed E-state index contributed by atoms with van der Waals surface area (Å²) >= 11 is 0. The van der Waals surface area contributed by atoms with Crippen molar-refractivity contribution >= 4 is 49.6 Å². The van der Waals surface area contributed by atoms with Gasteiger partial charge in [0.2, 0.25) is 35.4 Å². The Kier molecular flexibility index (Phi) is 16.7. The van der Waals surface area contributed by atoms with Crippen LogP contribution in [0.3, 0.4) is 0 Å². The van der Waals surface area contributed by atoms with Gasteiger partial charge in [-0.2, -0.15) is 0 Å². The van der Waals surface area contributed by atoms with Crippen molar-refractivity contribution in [2.24, 2.45) is 5.92 Å². The van der Waals surface area contributed by atoms with E-state index in [-0.39, 0.29) is 18.9 Å². The lowest BCUT2D eigenvalue weighted by atomic mass is 10.0. The van der Waals surface area contributed by atoms with Crippen molar-refractivity contribution in [3.05, 3.63) is 0 Å². The maximum Gasteiger partial charge on any atom is 0.469 e. The van der Waals surface area contributed by atoms with Crippen LogP contribution in [0, 0.1) is 5.92 Å². The first-order chi connectivity index (χ1) is 23.0. The van der Waals surface area contributed by atoms with E-state index in [9.17, 15) is 58.1 Å². The topological polar surface area (TPSA) is 302 Å². The monoisotopic (exact) mass is 721 g/mol. The number of carbonyl (C=O) groups excluding carboxylic acids is 7. The van der Waals surface area contributed by atoms with Crippen molar-refractivity contribution < 1.29 is 62.7 Å². The molecular formula is C28H48N7O13P. The zero-order valence-corrected chi connectivity index (χ0v) is 28.5. The molecule has 278 valence electrons. The predicted octanol–water partition coefficient (Wildman–Crippen LogP) is -4.49. The average molecular weight is 722 g/mol. The van der Waals surface area contributed by atoms with E-state index in [1.807, 2.05) is 0 Å². The second kappa shape index (κ2) is 19.6. The molecule has 0 unspecified atom stereocenters. The number of aliphatic hydroxyl groups excluding tert-OH is 2. The number of phosphoric ester groups is 1. The summed E-state index contributed by atoms with van der Waals surface area (Å²) in [7, 11) is -5.18. The molecule has 6 amide bonds. The molecule has 2 aliphatic heterocycles. The summed E-state index contributed by atoms with van der Waals surface area (Å²) < 4.78 is 15.9. The van der Waals surface area contributed by atoms with E-state index in [1.54, 1.807) is 13.8 Å². The van der Waals surface area contributed by atoms with Crippen LogP contribution in [0.25, 0.3) is 0 Å². The van der Waals surface area contributed by atoms with Crippen molar-refractivity contribution in [1.29, 1.82) is 0 Å². The molecule has 0 aromatic carbocycles. The molecular weight excluding hydrogens is 673 g/mol. The van der Waals surface area contributed by atoms with Crippen LogP contribution in [0.5, 0.6) is 0 Å². The van der Waals surface area contributed by atoms with E-state index >= 15 is 0 Å². The van der Waals surface area contributed by atoms with Crippen LogP contribution in [0.1, 0.15) is 52.9 Å². The Balaban J connectivity index is 2.15. The lowest BCUT2D eigenvalue weighted by molar-refractivity contribution is -0.140. The summed E-state index contributed by atoms with van der Waals surface area (Å²) in [4.78, 5) is 109. The number of rotatable bonds is 19. The SMILES string of the molecule is CC(C)C[C@H](NC(=O)[C@H](CO)NC(=O)[C@H](C)NC(=O)[C@@H]1CCCN1)C(=O)N[C@@H](COP(=O)(O)O)C(=O)N[C@@H](CO)C(=O)N1CCC[C@H]1C=O. The fraction of sp³-hybridized carbons (Fsp3) is 0.750. The molecule has 10 N–H and O–H groups in total. The van der Waals surface area contributed by atoms with Crippen LogP contribution in [0.15, 0.2) is 0 Å². The van der Waals surface area contributed by atoms with Crippen LogP contribution in [-0.2, 0) is 42.7 Å². The molecule has 2 saturated heterocycles. The summed E-state index contributed by atoms with van der Waals surface area (Å²) in [5.41, 5.74) is 0. The third-order valence-electron chi connectivity index (χ3n) is 7.86. The van der Waals surface area contributed by atoms with Gasteiger partial charge in [-0.1, -0.05) is 13.8 Å². The number of hydrogen-bond donors (Lipinski definition) is 10. The van der Waals surface area contributed by atoms with E-state index in [2.05, 4.69) is 36.4 Å². The number of likely N-dealkylation sites (tertiary alicyclic amines) is 1. The van der Waals surface area contributed by atoms with Crippen molar-refractivity contribution in [1.82, 2.24) is 36.8 Å². The van der Waals surface area contributed by atoms with Gasteiger partial charge >= 0.3 is 7.82 Å². The van der Waals surface area contributed by atoms with Crippen LogP contribution >= 0.6 is 7.82 Å². The van der Waals surface area contributed by atoms with Gasteiger partial charge in [0.1, 0.15) is 36.5 Å². The number of carbonyl (C=O) groups is 7. The molecule has 2 heterocycles. The third kappa shape index (κ3) is 13.4. The highest BCUT2D eigenvalue weighted by molar-refractivity contribution is 7.46. The maximum atomic E-state index is 13.4. The predicted molar refractivity (Wildman–Crippen MR) is 169 cm³/mol. The lowest BCUT2D eigenvalue weighted by Crippen LogP contribution is -2.61. The highest BCUT2D eigenvalue weighted by Gasteiger charge is 2.37. The van der Waals surface area contributed by atoms with Crippen LogP contribution < -0.4 is 31.9 Å². The van der Waals surface area contributed by atoms with Crippen molar-refractivity contribution in [3.63, 3.8) is 0 Å². The highest BCUT2D eigenvalue weighted by atomic mass is 31.2. The molecule has 2 rings (SSSR count). The first kappa shape index (κ1) is 41.7. The Hall–Kier alpha value is -3.52. The first-order valence-electron chi connectivity index (χ1n) is 15.9. The lowest BCUT2D eigenvalue weighted by Gasteiger charge is -2.28. The van der Waals surface area contributed by atoms with Gasteiger partial charge in [0.05, 0.1) is 31.9 Å². The summed E-state index contributed by atoms with van der Waals surface area (Å²) in [6.07, 6.45) is 2.79. The van der Waals surface area contributed by atoms with Gasteiger partial charge in [0.15, 0.2) is 0 Å². The number of hydrogen-bond acceptors (Lipinski definition) is 12. The minimum atomic E-state index is -5.18. The summed E-state index contributed by atoms with van der Waals surface area (Å²) in [5.74, 6) is -5.46. The van der Waals surface area contributed by atoms with Gasteiger partial charge in [0.25, 0.3) is 0 Å². The molecule has 0 radical (unpaired) electrons. The second-order valence-electron chi connectivity index (χ2n) is 12.3. The molecule has 0 spiro atoms. The minimum Gasteiger partial charge on any atom is -0.394 e. The number of aldehydes is 1. The molecule has 49 heavy (non-hydrogen) atoms. The van der Waals surface area contributed by atoms with Gasteiger partial charge in [-0.15, -0.1) is 0 Å². The zero-order valence-electron chi connectivity index (χ0n) is 27.6. The van der Waals surface area contributed by atoms with E-state index in [0.717, 1.165) is 6.42 Å². The van der Waals surface area contributed by atoms with Crippen LogP contribution in [0.2, 0.25) is 0 Å². The van der Waals surface area contributed by atoms with Crippen molar-refractivity contribution in [3.8, 4) is 0 Å². The Morgan fingerprint density at radius 1 is 0.837 bits per heavy atom. The molecule has 0 saturated carbocycles. The summed E-state index contributed by atoms with van der Waals surface area (Å²) in [6, 6.07) is -8.73. The number of nitrogens with zero attached hydrogens (tertiary/aromatic N) is 1. The second-order valence-corrected chi connectivity index (χ2v) is 13.5. The van der Waals surface area contributed by atoms with Crippen molar-refractivity contribution in [2.45, 2.75) is 95.2 Å². The van der Waals surface area contributed by atoms with E-state index < -0.39 is 105 Å². The molecule has 0 aliphatic carbocycles. The average Bonchev–Trinajstić information content (AvgIpc) is 3.75.